The Labute approximate surface area is 66.4 Å². The zero-order chi connectivity index (χ0) is 8.10. The van der Waals surface area contributed by atoms with Crippen LogP contribution in [0.25, 0.3) is 0 Å². The predicted molar refractivity (Wildman–Crippen MR) is 39.9 cm³/mol. The molecule has 11 heavy (non-hydrogen) atoms. The van der Waals surface area contributed by atoms with Crippen LogP contribution in [0, 0.1) is 6.61 Å². The van der Waals surface area contributed by atoms with E-state index in [1.165, 1.54) is 6.42 Å². The summed E-state index contributed by atoms with van der Waals surface area (Å²) in [4.78, 5) is 10.1. The van der Waals surface area contributed by atoms with Gasteiger partial charge in [-0.05, 0) is 12.8 Å². The quantitative estimate of drug-likeness (QED) is 0.676. The summed E-state index contributed by atoms with van der Waals surface area (Å²) < 4.78 is 5.02. The van der Waals surface area contributed by atoms with Crippen molar-refractivity contribution in [2.45, 2.75) is 38.2 Å². The summed E-state index contributed by atoms with van der Waals surface area (Å²) in [5.74, 6) is -0.990. The van der Waals surface area contributed by atoms with Gasteiger partial charge in [0.2, 0.25) is 0 Å². The van der Waals surface area contributed by atoms with Gasteiger partial charge in [0.15, 0.2) is 6.61 Å². The van der Waals surface area contributed by atoms with Gasteiger partial charge in [0.05, 0.1) is 6.10 Å². The average molecular weight is 157 g/mol. The van der Waals surface area contributed by atoms with Crippen molar-refractivity contribution in [3.63, 3.8) is 0 Å². The van der Waals surface area contributed by atoms with Gasteiger partial charge in [0.1, 0.15) is 0 Å². The molecule has 3 nitrogen and oxygen atoms in total. The highest BCUT2D eigenvalue weighted by atomic mass is 16.5. The summed E-state index contributed by atoms with van der Waals surface area (Å²) in [7, 11) is 0. The van der Waals surface area contributed by atoms with Crippen LogP contribution >= 0.6 is 0 Å². The van der Waals surface area contributed by atoms with E-state index in [1.54, 1.807) is 0 Å². The molecule has 1 saturated carbocycles. The van der Waals surface area contributed by atoms with E-state index in [9.17, 15) is 4.79 Å². The van der Waals surface area contributed by atoms with Gasteiger partial charge in [0, 0.05) is 0 Å². The van der Waals surface area contributed by atoms with Crippen molar-refractivity contribution >= 4 is 5.97 Å². The van der Waals surface area contributed by atoms with Gasteiger partial charge in [-0.1, -0.05) is 19.3 Å². The first-order valence-electron chi connectivity index (χ1n) is 4.00. The molecule has 0 spiro atoms. The lowest BCUT2D eigenvalue weighted by molar-refractivity contribution is -0.139. The topological polar surface area (TPSA) is 46.5 Å². The molecule has 0 bridgehead atoms. The normalized spacial score (nSPS) is 20.0. The maximum atomic E-state index is 10.1. The summed E-state index contributed by atoms with van der Waals surface area (Å²) in [6.07, 6.45) is 5.75. The van der Waals surface area contributed by atoms with Crippen molar-refractivity contribution in [2.24, 2.45) is 0 Å². The molecular formula is C8H13O3. The molecule has 0 heterocycles. The highest BCUT2D eigenvalue weighted by Crippen LogP contribution is 2.20. The molecule has 1 aliphatic carbocycles. The van der Waals surface area contributed by atoms with Crippen molar-refractivity contribution in [1.29, 1.82) is 0 Å². The van der Waals surface area contributed by atoms with Crippen LogP contribution in [0.5, 0.6) is 0 Å². The SMILES string of the molecule is O=C(O)[CH]OC1CCCCC1. The number of ether oxygens (including phenoxy) is 1. The Hall–Kier alpha value is -0.570. The zero-order valence-corrected chi connectivity index (χ0v) is 6.45. The van der Waals surface area contributed by atoms with E-state index in [0.717, 1.165) is 32.3 Å². The molecule has 0 aromatic carbocycles. The molecule has 63 valence electrons. The van der Waals surface area contributed by atoms with Crippen LogP contribution in [0.15, 0.2) is 0 Å². The lowest BCUT2D eigenvalue weighted by Gasteiger charge is -2.20. The molecular weight excluding hydrogens is 144 g/mol. The second kappa shape index (κ2) is 4.34. The van der Waals surface area contributed by atoms with Crippen molar-refractivity contribution in [3.05, 3.63) is 6.61 Å². The number of carboxylic acids is 1. The highest BCUT2D eigenvalue weighted by molar-refractivity contribution is 5.74. The summed E-state index contributed by atoms with van der Waals surface area (Å²) in [5, 5.41) is 8.26. The molecule has 0 aromatic rings. The van der Waals surface area contributed by atoms with Crippen LogP contribution in [-0.2, 0) is 9.53 Å². The molecule has 1 aliphatic rings. The predicted octanol–water partition coefficient (Wildman–Crippen LogP) is 1.58. The van der Waals surface area contributed by atoms with Gasteiger partial charge in [0.25, 0.3) is 0 Å². The molecule has 0 aliphatic heterocycles. The summed E-state index contributed by atoms with van der Waals surface area (Å²) in [5.41, 5.74) is 0. The van der Waals surface area contributed by atoms with Gasteiger partial charge >= 0.3 is 5.97 Å². The van der Waals surface area contributed by atoms with Gasteiger partial charge in [-0.2, -0.15) is 0 Å². The van der Waals surface area contributed by atoms with E-state index < -0.39 is 5.97 Å². The van der Waals surface area contributed by atoms with Gasteiger partial charge in [-0.15, -0.1) is 0 Å². The fraction of sp³-hybridized carbons (Fsp3) is 0.750. The molecule has 0 aromatic heterocycles. The number of carbonyl (C=O) groups is 1. The van der Waals surface area contributed by atoms with Crippen molar-refractivity contribution in [2.75, 3.05) is 0 Å². The summed E-state index contributed by atoms with van der Waals surface area (Å²) >= 11 is 0. The first-order chi connectivity index (χ1) is 5.29. The van der Waals surface area contributed by atoms with Crippen LogP contribution in [0.3, 0.4) is 0 Å². The number of aliphatic carboxylic acids is 1. The molecule has 3 heteroatoms. The minimum Gasteiger partial charge on any atom is -0.479 e. The van der Waals surface area contributed by atoms with Crippen LogP contribution in [0.4, 0.5) is 0 Å². The van der Waals surface area contributed by atoms with Crippen LogP contribution < -0.4 is 0 Å². The van der Waals surface area contributed by atoms with Crippen molar-refractivity contribution in [1.82, 2.24) is 0 Å². The van der Waals surface area contributed by atoms with Crippen LogP contribution in [0.2, 0.25) is 0 Å². The third-order valence-corrected chi connectivity index (χ3v) is 1.91. The van der Waals surface area contributed by atoms with E-state index in [0.29, 0.717) is 0 Å². The summed E-state index contributed by atoms with van der Waals surface area (Å²) in [6.45, 7) is 0.899. The van der Waals surface area contributed by atoms with E-state index in [-0.39, 0.29) is 6.10 Å². The largest absolute Gasteiger partial charge is 0.479 e. The van der Waals surface area contributed by atoms with Crippen LogP contribution in [-0.4, -0.2) is 17.2 Å². The molecule has 0 atom stereocenters. The van der Waals surface area contributed by atoms with Crippen molar-refractivity contribution < 1.29 is 14.6 Å². The Morgan fingerprint density at radius 1 is 1.36 bits per heavy atom. The van der Waals surface area contributed by atoms with Crippen molar-refractivity contribution in [3.8, 4) is 0 Å². The monoisotopic (exact) mass is 157 g/mol. The second-order valence-corrected chi connectivity index (χ2v) is 2.85. The molecule has 0 unspecified atom stereocenters. The van der Waals surface area contributed by atoms with Gasteiger partial charge < -0.3 is 9.84 Å². The third-order valence-electron chi connectivity index (χ3n) is 1.91. The first-order valence-corrected chi connectivity index (χ1v) is 4.00. The standard InChI is InChI=1S/C8H13O3/c9-8(10)6-11-7-4-2-1-3-5-7/h6-7H,1-5H2,(H,9,10). The van der Waals surface area contributed by atoms with E-state index >= 15 is 0 Å². The minimum atomic E-state index is -0.990. The second-order valence-electron chi connectivity index (χ2n) is 2.85. The Kier molecular flexibility index (Phi) is 3.36. The molecule has 1 N–H and O–H groups in total. The number of hydrogen-bond donors (Lipinski definition) is 1. The van der Waals surface area contributed by atoms with E-state index in [2.05, 4.69) is 0 Å². The maximum absolute atomic E-state index is 10.1. The smallest absolute Gasteiger partial charge is 0.336 e. The molecule has 0 saturated heterocycles. The minimum absolute atomic E-state index is 0.153. The molecule has 1 radical (unpaired) electrons. The molecule has 0 amide bonds. The fourth-order valence-electron chi connectivity index (χ4n) is 1.36. The van der Waals surface area contributed by atoms with E-state index in [4.69, 9.17) is 9.84 Å². The molecule has 1 fully saturated rings. The zero-order valence-electron chi connectivity index (χ0n) is 6.45. The fourth-order valence-corrected chi connectivity index (χ4v) is 1.36. The molecule has 1 rings (SSSR count). The lowest BCUT2D eigenvalue weighted by Crippen LogP contribution is -2.17. The van der Waals surface area contributed by atoms with E-state index in [1.807, 2.05) is 0 Å². The number of carboxylic acid groups (broad SMARTS) is 1. The van der Waals surface area contributed by atoms with Gasteiger partial charge in [-0.25, -0.2) is 4.79 Å². The average Bonchev–Trinajstić information content (AvgIpc) is 2.03. The Balaban J connectivity index is 2.09. The summed E-state index contributed by atoms with van der Waals surface area (Å²) in [6, 6.07) is 0. The van der Waals surface area contributed by atoms with Crippen LogP contribution in [0.1, 0.15) is 32.1 Å². The highest BCUT2D eigenvalue weighted by Gasteiger charge is 2.14. The third kappa shape index (κ3) is 3.37. The first kappa shape index (κ1) is 8.53. The van der Waals surface area contributed by atoms with Gasteiger partial charge in [-0.3, -0.25) is 0 Å². The number of rotatable bonds is 3. The number of hydrogen-bond acceptors (Lipinski definition) is 2. The Morgan fingerprint density at radius 3 is 2.55 bits per heavy atom. The maximum Gasteiger partial charge on any atom is 0.336 e. The Morgan fingerprint density at radius 2 is 2.00 bits per heavy atom. The lowest BCUT2D eigenvalue weighted by atomic mass is 9.98. The Bertz CT molecular complexity index is 127.